The fourth-order valence-corrected chi connectivity index (χ4v) is 21.2. The molecule has 0 spiro atoms. The number of carbonyl (C=O) groups is 6. The minimum Gasteiger partial charge on any atom is -0.380 e. The second-order valence-electron chi connectivity index (χ2n) is 48.9. The summed E-state index contributed by atoms with van der Waals surface area (Å²) >= 11 is 0. The number of nitrogens with zero attached hydrogens (tertiary/aromatic N) is 12. The van der Waals surface area contributed by atoms with Gasteiger partial charge in [-0.25, -0.2) is 0 Å². The van der Waals surface area contributed by atoms with Crippen LogP contribution in [0.3, 0.4) is 0 Å². The van der Waals surface area contributed by atoms with Crippen molar-refractivity contribution in [1.82, 2.24) is 64.1 Å². The van der Waals surface area contributed by atoms with Gasteiger partial charge in [0.2, 0.25) is 35.4 Å². The fraction of sp³-hybridized carbons (Fsp3) is 0.943. The maximum absolute atomic E-state index is 12.3. The molecular formula is C105H199N13O15S. The Hall–Kier alpha value is -3.63. The number of piperidine rings is 6. The predicted molar refractivity (Wildman–Crippen MR) is 540 cm³/mol. The van der Waals surface area contributed by atoms with Crippen LogP contribution in [0.2, 0.25) is 0 Å². The van der Waals surface area contributed by atoms with Gasteiger partial charge in [-0.05, 0) is 189 Å². The molecule has 13 rings (SSSR count). The summed E-state index contributed by atoms with van der Waals surface area (Å²) in [5.41, 5.74) is 0.485. The Kier molecular flexibility index (Phi) is 49.9. The van der Waals surface area contributed by atoms with Gasteiger partial charge in [0.05, 0.1) is 72.0 Å². The molecule has 1 N–H and O–H groups in total. The maximum Gasteiger partial charge on any atom is 0.223 e. The smallest absolute Gasteiger partial charge is 0.223 e. The van der Waals surface area contributed by atoms with Crippen molar-refractivity contribution in [3.63, 3.8) is 0 Å². The minimum absolute atomic E-state index is 0.0659. The first-order valence-corrected chi connectivity index (χ1v) is 54.2. The van der Waals surface area contributed by atoms with E-state index in [1.807, 2.05) is 26.5 Å². The molecule has 13 heterocycles. The summed E-state index contributed by atoms with van der Waals surface area (Å²) in [5.74, 6) is 3.85. The van der Waals surface area contributed by atoms with Crippen molar-refractivity contribution in [3.8, 4) is 0 Å². The van der Waals surface area contributed by atoms with Crippen molar-refractivity contribution >= 4 is 46.2 Å². The number of ether oxygens (including phenoxy) is 8. The van der Waals surface area contributed by atoms with E-state index in [0.29, 0.717) is 155 Å². The summed E-state index contributed by atoms with van der Waals surface area (Å²) in [6.07, 6.45) is 22.8. The molecule has 0 aliphatic carbocycles. The highest BCUT2D eigenvalue weighted by Crippen LogP contribution is 2.33. The van der Waals surface area contributed by atoms with Crippen LogP contribution in [-0.4, -0.2) is 408 Å². The number of carbonyl (C=O) groups excluding carboxylic acids is 6. The lowest BCUT2D eigenvalue weighted by Gasteiger charge is -2.43. The topological polar surface area (TPSA) is 244 Å². The zero-order valence-electron chi connectivity index (χ0n) is 89.8. The van der Waals surface area contributed by atoms with Gasteiger partial charge in [-0.15, -0.1) is 0 Å². The third-order valence-corrected chi connectivity index (χ3v) is 29.7. The quantitative estimate of drug-likeness (QED) is 0.106. The van der Waals surface area contributed by atoms with E-state index >= 15 is 0 Å². The summed E-state index contributed by atoms with van der Waals surface area (Å²) in [6.45, 7) is 72.4. The molecule has 6 amide bonds. The van der Waals surface area contributed by atoms with Crippen LogP contribution in [0, 0.1) is 38.4 Å². The van der Waals surface area contributed by atoms with Crippen LogP contribution in [0.15, 0.2) is 0 Å². The van der Waals surface area contributed by atoms with Crippen molar-refractivity contribution in [2.24, 2.45) is 38.4 Å². The zero-order valence-corrected chi connectivity index (χ0v) is 90.7. The zero-order chi connectivity index (χ0) is 98.8. The standard InChI is InChI=1S/C17H32N2O3.C16H30N2O3.2C16H30N2O2.C15H28N2O2S.C15H28N2O2.C10H21NO/c1-16(2,3)12-15(20)19-8-6-14(7-9-19)18(5)13-17(4)21-10-11-22-17;1-16(2,3)11-14(19)18-7-5-13(6-8-18)17(4)12-15-20-9-10-21-15;1-16(2,3)11-15(19)18-8-5-13(6-9-18)17(4)14-7-10-20-12-14;1-16(2,3)13-15(19)18-8-5-14(6-9-18)17-7-4-11-20-12-10-17;1-15(2,3)12-14(18)17-6-4-13(5-7-17)16-8-10-20(19)11-9-16;1-15(2,3)9-14(18)17-7-5-12(6-8-17)16(4)13-10-19-11-13;1-9(2)5-6-11-10-4-3-7-12-8-10/h14H,6-13H2,1-5H3;13,15H,5-12H2,1-4H3;13-14H,5-12H2,1-4H3;14H,4-13H2,1-3H3;13H,4-12H2,1-3H3;12-13H,5-11H2,1-4H3;9-11H,3-8H2,1-2H3/t;;14-;;;;10-/m..0...1/s1. The van der Waals surface area contributed by atoms with Gasteiger partial charge in [0, 0.05) is 240 Å². The van der Waals surface area contributed by atoms with Crippen LogP contribution in [0.5, 0.6) is 0 Å². The van der Waals surface area contributed by atoms with E-state index in [1.165, 1.54) is 19.3 Å². The molecule has 0 bridgehead atoms. The van der Waals surface area contributed by atoms with Gasteiger partial charge in [-0.2, -0.15) is 0 Å². The third-order valence-electron chi connectivity index (χ3n) is 28.4. The molecule has 0 radical (unpaired) electrons. The van der Waals surface area contributed by atoms with E-state index in [2.05, 4.69) is 211 Å². The maximum atomic E-state index is 12.3. The lowest BCUT2D eigenvalue weighted by molar-refractivity contribution is -0.159. The summed E-state index contributed by atoms with van der Waals surface area (Å²) < 4.78 is 55.4. The molecule has 13 aliphatic rings. The van der Waals surface area contributed by atoms with Crippen molar-refractivity contribution in [2.45, 2.75) is 360 Å². The van der Waals surface area contributed by atoms with E-state index in [1.54, 1.807) is 0 Å². The summed E-state index contributed by atoms with van der Waals surface area (Å²) in [7, 11) is 8.08. The molecule has 0 aromatic rings. The average molecular weight is 1920 g/mol. The summed E-state index contributed by atoms with van der Waals surface area (Å²) in [4.78, 5) is 100. The van der Waals surface area contributed by atoms with Crippen LogP contribution in [0.1, 0.15) is 293 Å². The number of hydrogen-bond donors (Lipinski definition) is 1. The molecule has 29 heteroatoms. The van der Waals surface area contributed by atoms with Crippen LogP contribution in [0.25, 0.3) is 0 Å². The van der Waals surface area contributed by atoms with Crippen molar-refractivity contribution in [1.29, 1.82) is 0 Å². The molecule has 0 aromatic carbocycles. The Morgan fingerprint density at radius 2 is 0.701 bits per heavy atom. The lowest BCUT2D eigenvalue weighted by Crippen LogP contribution is -2.54. The van der Waals surface area contributed by atoms with Crippen LogP contribution in [0.4, 0.5) is 0 Å². The first-order valence-electron chi connectivity index (χ1n) is 52.8. The molecule has 780 valence electrons. The van der Waals surface area contributed by atoms with Crippen molar-refractivity contribution in [3.05, 3.63) is 0 Å². The number of amides is 6. The second-order valence-corrected chi connectivity index (χ2v) is 50.6. The van der Waals surface area contributed by atoms with E-state index in [4.69, 9.17) is 37.9 Å². The molecular weight excluding hydrogens is 1720 g/mol. The SMILES string of the molecule is CC(C)(C)CC(=O)N1CCC(N2CCCOCC2)CC1.CC(C)(C)CC(=O)N1CCC(N2CCS(=O)CC2)CC1.CC(C)CCN[C@@H]1CCCOC1.CN(C1CCN(C(=O)CC(C)(C)C)CC1)C1COC1.CN(C1CCN(C(=O)CC(C)(C)C)CC1)[C@H]1CCOC1.CN(CC1(C)OCCO1)C1CCN(C(=O)CC(C)(C)C)CC1.CN(CC1OCCO1)C1CCN(C(=O)CC(C)(C)C)CC1. The van der Waals surface area contributed by atoms with Gasteiger partial charge < -0.3 is 72.6 Å². The van der Waals surface area contributed by atoms with E-state index in [0.717, 1.165) is 285 Å². The largest absolute Gasteiger partial charge is 0.380 e. The van der Waals surface area contributed by atoms with Gasteiger partial charge in [-0.1, -0.05) is 138 Å². The predicted octanol–water partition coefficient (Wildman–Crippen LogP) is 13.1. The van der Waals surface area contributed by atoms with Gasteiger partial charge >= 0.3 is 0 Å². The van der Waals surface area contributed by atoms with Crippen LogP contribution < -0.4 is 5.32 Å². The molecule has 134 heavy (non-hydrogen) atoms. The van der Waals surface area contributed by atoms with Crippen molar-refractivity contribution < 1.29 is 70.9 Å². The number of likely N-dealkylation sites (tertiary alicyclic amines) is 6. The van der Waals surface area contributed by atoms with Gasteiger partial charge in [0.15, 0.2) is 12.1 Å². The Bertz CT molecular complexity index is 3290. The Labute approximate surface area is 818 Å². The lowest BCUT2D eigenvalue weighted by atomic mass is 9.91. The van der Waals surface area contributed by atoms with Crippen molar-refractivity contribution in [2.75, 3.05) is 243 Å². The molecule has 13 saturated heterocycles. The fourth-order valence-electron chi connectivity index (χ4n) is 20.2. The second kappa shape index (κ2) is 57.0. The highest BCUT2D eigenvalue weighted by molar-refractivity contribution is 7.85. The van der Waals surface area contributed by atoms with E-state index < -0.39 is 16.6 Å². The van der Waals surface area contributed by atoms with Gasteiger partial charge in [0.1, 0.15) is 0 Å². The monoisotopic (exact) mass is 1910 g/mol. The highest BCUT2D eigenvalue weighted by atomic mass is 32.2. The Morgan fingerprint density at radius 3 is 1.04 bits per heavy atom. The highest BCUT2D eigenvalue weighted by Gasteiger charge is 2.40. The Balaban J connectivity index is 0.000000214. The summed E-state index contributed by atoms with van der Waals surface area (Å²) in [6, 6.07) is 5.30. The molecule has 13 aliphatic heterocycles. The van der Waals surface area contributed by atoms with Gasteiger partial charge in [-0.3, -0.25) is 62.4 Å². The first kappa shape index (κ1) is 117. The number of hydrogen-bond acceptors (Lipinski definition) is 22. The molecule has 0 aromatic heterocycles. The normalized spacial score (nSPS) is 23.7. The van der Waals surface area contributed by atoms with E-state index in [-0.39, 0.29) is 38.8 Å². The molecule has 0 unspecified atom stereocenters. The first-order chi connectivity index (χ1) is 62.9. The summed E-state index contributed by atoms with van der Waals surface area (Å²) in [5, 5.41) is 3.53. The Morgan fingerprint density at radius 1 is 0.358 bits per heavy atom. The van der Waals surface area contributed by atoms with E-state index in [9.17, 15) is 33.0 Å². The molecule has 13 fully saturated rings. The average Bonchev–Trinajstić information content (AvgIpc) is 1.11. The minimum atomic E-state index is -0.597. The molecule has 2 atom stereocenters. The number of rotatable bonds is 22. The molecule has 28 nitrogen and oxygen atoms in total. The third kappa shape index (κ3) is 45.7. The number of likely N-dealkylation sites (N-methyl/N-ethyl adjacent to an activating group) is 4. The number of nitrogens with one attached hydrogen (secondary N) is 1. The van der Waals surface area contributed by atoms with Crippen LogP contribution >= 0.6 is 0 Å². The van der Waals surface area contributed by atoms with Gasteiger partial charge in [0.25, 0.3) is 0 Å². The molecule has 0 saturated carbocycles. The van der Waals surface area contributed by atoms with Crippen LogP contribution in [-0.2, 0) is 77.5 Å².